The number of hydrogen-bond donors (Lipinski definition) is 1. The van der Waals surface area contributed by atoms with Crippen LogP contribution in [0, 0.1) is 13.8 Å². The minimum Gasteiger partial charge on any atom is -0.449 e. The third-order valence-corrected chi connectivity index (χ3v) is 7.20. The Balaban J connectivity index is 1.38. The Labute approximate surface area is 208 Å². The van der Waals surface area contributed by atoms with Crippen molar-refractivity contribution in [1.29, 1.82) is 0 Å². The van der Waals surface area contributed by atoms with Crippen molar-refractivity contribution in [2.24, 2.45) is 0 Å². The van der Waals surface area contributed by atoms with E-state index in [2.05, 4.69) is 9.97 Å². The number of H-pyrrole nitrogens is 1. The molecule has 0 radical (unpaired) electrons. The summed E-state index contributed by atoms with van der Waals surface area (Å²) in [5.41, 5.74) is 4.79. The summed E-state index contributed by atoms with van der Waals surface area (Å²) in [4.78, 5) is 38.1. The number of amides is 1. The summed E-state index contributed by atoms with van der Waals surface area (Å²) in [6.07, 6.45) is -0.552. The smallest absolute Gasteiger partial charge is 0.338 e. The van der Waals surface area contributed by atoms with Crippen LogP contribution >= 0.6 is 11.8 Å². The topological polar surface area (TPSA) is 75.3 Å². The molecule has 0 saturated heterocycles. The van der Waals surface area contributed by atoms with Gasteiger partial charge in [-0.15, -0.1) is 0 Å². The molecule has 0 bridgehead atoms. The molecule has 0 aliphatic carbocycles. The fourth-order valence-electron chi connectivity index (χ4n) is 4.04. The molecule has 1 aliphatic heterocycles. The molecular weight excluding hydrogens is 458 g/mol. The molecule has 6 nitrogen and oxygen atoms in total. The lowest BCUT2D eigenvalue weighted by atomic mass is 10.1. The van der Waals surface area contributed by atoms with Crippen LogP contribution in [0.25, 0.3) is 11.4 Å². The third kappa shape index (κ3) is 4.35. The zero-order chi connectivity index (χ0) is 24.5. The number of ether oxygens (including phenoxy) is 1. The van der Waals surface area contributed by atoms with E-state index < -0.39 is 12.1 Å². The van der Waals surface area contributed by atoms with Crippen molar-refractivity contribution >= 4 is 35.0 Å². The molecule has 0 spiro atoms. The lowest BCUT2D eigenvalue weighted by molar-refractivity contribution is -0.126. The SMILES string of the molecule is CCC(OC(=O)c1ccc(-c2nc(C)c(C)[nH]2)cc1)C(=O)N1c2ccccc2Sc2ccccc21. The van der Waals surface area contributed by atoms with Gasteiger partial charge < -0.3 is 9.72 Å². The number of benzene rings is 3. The van der Waals surface area contributed by atoms with Crippen LogP contribution in [0.4, 0.5) is 11.4 Å². The summed E-state index contributed by atoms with van der Waals surface area (Å²) in [5.74, 6) is -0.0439. The Morgan fingerprint density at radius 1 is 0.943 bits per heavy atom. The molecule has 4 aromatic rings. The molecule has 5 rings (SSSR count). The molecule has 7 heteroatoms. The number of hydrogen-bond acceptors (Lipinski definition) is 5. The molecule has 176 valence electrons. The van der Waals surface area contributed by atoms with Crippen molar-refractivity contribution in [2.45, 2.75) is 43.1 Å². The quantitative estimate of drug-likeness (QED) is 0.330. The van der Waals surface area contributed by atoms with Crippen LogP contribution in [0.2, 0.25) is 0 Å². The van der Waals surface area contributed by atoms with Crippen LogP contribution in [0.15, 0.2) is 82.6 Å². The van der Waals surface area contributed by atoms with Crippen molar-refractivity contribution in [3.05, 3.63) is 89.7 Å². The Morgan fingerprint density at radius 2 is 1.54 bits per heavy atom. The Hall–Kier alpha value is -3.84. The van der Waals surface area contributed by atoms with E-state index in [0.717, 1.165) is 43.9 Å². The minimum absolute atomic E-state index is 0.265. The summed E-state index contributed by atoms with van der Waals surface area (Å²) >= 11 is 1.63. The van der Waals surface area contributed by atoms with E-state index >= 15 is 0 Å². The lowest BCUT2D eigenvalue weighted by Gasteiger charge is -2.33. The first kappa shape index (κ1) is 22.9. The highest BCUT2D eigenvalue weighted by Crippen LogP contribution is 2.48. The number of nitrogens with zero attached hydrogens (tertiary/aromatic N) is 2. The van der Waals surface area contributed by atoms with Gasteiger partial charge in [0.05, 0.1) is 22.6 Å². The van der Waals surface area contributed by atoms with Crippen molar-refractivity contribution < 1.29 is 14.3 Å². The zero-order valence-electron chi connectivity index (χ0n) is 19.7. The Bertz CT molecular complexity index is 1350. The van der Waals surface area contributed by atoms with Crippen LogP contribution < -0.4 is 4.90 Å². The molecule has 2 heterocycles. The van der Waals surface area contributed by atoms with Gasteiger partial charge in [-0.2, -0.15) is 0 Å². The zero-order valence-corrected chi connectivity index (χ0v) is 20.6. The molecular formula is C28H25N3O3S. The van der Waals surface area contributed by atoms with Gasteiger partial charge in [0, 0.05) is 21.0 Å². The van der Waals surface area contributed by atoms with E-state index in [1.165, 1.54) is 0 Å². The van der Waals surface area contributed by atoms with Gasteiger partial charge in [0.1, 0.15) is 5.82 Å². The minimum atomic E-state index is -0.915. The maximum absolute atomic E-state index is 13.7. The van der Waals surface area contributed by atoms with Crippen LogP contribution in [-0.2, 0) is 9.53 Å². The van der Waals surface area contributed by atoms with Crippen molar-refractivity contribution in [1.82, 2.24) is 9.97 Å². The molecule has 1 aliphatic rings. The number of imidazole rings is 1. The van der Waals surface area contributed by atoms with Crippen LogP contribution in [0.1, 0.15) is 35.1 Å². The standard InChI is InChI=1S/C28H25N3O3S/c1-4-23(34-28(33)20-15-13-19(14-16-20)26-29-17(2)18(3)30-26)27(32)31-21-9-5-7-11-24(21)35-25-12-8-6-10-22(25)31/h5-16,23H,4H2,1-3H3,(H,29,30). The highest BCUT2D eigenvalue weighted by atomic mass is 32.2. The largest absolute Gasteiger partial charge is 0.449 e. The number of carbonyl (C=O) groups excluding carboxylic acids is 2. The number of esters is 1. The van der Waals surface area contributed by atoms with Crippen molar-refractivity contribution in [2.75, 3.05) is 4.90 Å². The first-order chi connectivity index (χ1) is 17.0. The van der Waals surface area contributed by atoms with Gasteiger partial charge in [-0.1, -0.05) is 55.1 Å². The van der Waals surface area contributed by atoms with Crippen molar-refractivity contribution in [3.63, 3.8) is 0 Å². The summed E-state index contributed by atoms with van der Waals surface area (Å²) in [5, 5.41) is 0. The Morgan fingerprint density at radius 3 is 2.09 bits per heavy atom. The number of aromatic nitrogens is 2. The molecule has 1 N–H and O–H groups in total. The summed E-state index contributed by atoms with van der Waals surface area (Å²) in [6.45, 7) is 5.76. The van der Waals surface area contributed by atoms with Gasteiger partial charge in [-0.25, -0.2) is 9.78 Å². The van der Waals surface area contributed by atoms with Gasteiger partial charge in [-0.05, 0) is 56.7 Å². The summed E-state index contributed by atoms with van der Waals surface area (Å²) in [6, 6.07) is 22.6. The molecule has 1 aromatic heterocycles. The van der Waals surface area contributed by atoms with Gasteiger partial charge in [0.15, 0.2) is 6.10 Å². The van der Waals surface area contributed by atoms with E-state index in [0.29, 0.717) is 12.0 Å². The number of aryl methyl sites for hydroxylation is 2. The number of nitrogens with one attached hydrogen (secondary N) is 1. The monoisotopic (exact) mass is 483 g/mol. The molecule has 35 heavy (non-hydrogen) atoms. The average Bonchev–Trinajstić information content (AvgIpc) is 3.23. The average molecular weight is 484 g/mol. The number of anilines is 2. The van der Waals surface area contributed by atoms with Gasteiger partial charge in [0.2, 0.25) is 0 Å². The van der Waals surface area contributed by atoms with E-state index in [1.54, 1.807) is 28.8 Å². The predicted octanol–water partition coefficient (Wildman–Crippen LogP) is 6.46. The fraction of sp³-hybridized carbons (Fsp3) is 0.179. The van der Waals surface area contributed by atoms with Gasteiger partial charge in [-0.3, -0.25) is 9.69 Å². The number of carbonyl (C=O) groups is 2. The second-order valence-electron chi connectivity index (χ2n) is 8.39. The van der Waals surface area contributed by atoms with E-state index in [4.69, 9.17) is 4.74 Å². The molecule has 0 fully saturated rings. The molecule has 0 saturated carbocycles. The van der Waals surface area contributed by atoms with Crippen molar-refractivity contribution in [3.8, 4) is 11.4 Å². The number of aromatic amines is 1. The highest BCUT2D eigenvalue weighted by molar-refractivity contribution is 7.99. The third-order valence-electron chi connectivity index (χ3n) is 6.07. The summed E-state index contributed by atoms with van der Waals surface area (Å²) < 4.78 is 5.74. The number of para-hydroxylation sites is 2. The second-order valence-corrected chi connectivity index (χ2v) is 9.47. The van der Waals surface area contributed by atoms with E-state index in [9.17, 15) is 9.59 Å². The number of rotatable bonds is 5. The summed E-state index contributed by atoms with van der Waals surface area (Å²) in [7, 11) is 0. The molecule has 1 unspecified atom stereocenters. The molecule has 1 amide bonds. The van der Waals surface area contributed by atoms with Crippen LogP contribution in [-0.4, -0.2) is 27.9 Å². The first-order valence-corrected chi connectivity index (χ1v) is 12.3. The van der Waals surface area contributed by atoms with E-state index in [1.807, 2.05) is 81.4 Å². The molecule has 1 atom stereocenters. The maximum Gasteiger partial charge on any atom is 0.338 e. The van der Waals surface area contributed by atoms with Gasteiger partial charge >= 0.3 is 5.97 Å². The van der Waals surface area contributed by atoms with E-state index in [-0.39, 0.29) is 5.91 Å². The highest BCUT2D eigenvalue weighted by Gasteiger charge is 2.33. The first-order valence-electron chi connectivity index (χ1n) is 11.5. The number of fused-ring (bicyclic) bond motifs is 2. The normalized spacial score (nSPS) is 13.1. The van der Waals surface area contributed by atoms with Crippen LogP contribution in [0.5, 0.6) is 0 Å². The Kier molecular flexibility index (Phi) is 6.17. The van der Waals surface area contributed by atoms with Gasteiger partial charge in [0.25, 0.3) is 5.91 Å². The fourth-order valence-corrected chi connectivity index (χ4v) is 5.10. The molecule has 3 aromatic carbocycles. The second kappa shape index (κ2) is 9.43. The lowest BCUT2D eigenvalue weighted by Crippen LogP contribution is -2.39. The predicted molar refractivity (Wildman–Crippen MR) is 137 cm³/mol. The van der Waals surface area contributed by atoms with Crippen LogP contribution in [0.3, 0.4) is 0 Å². The maximum atomic E-state index is 13.7.